The van der Waals surface area contributed by atoms with Crippen LogP contribution >= 0.6 is 0 Å². The maximum atomic E-state index is 13.1. The van der Waals surface area contributed by atoms with Gasteiger partial charge in [-0.05, 0) is 18.4 Å². The first-order chi connectivity index (χ1) is 10.4. The van der Waals surface area contributed by atoms with E-state index in [1.165, 1.54) is 0 Å². The second kappa shape index (κ2) is 6.29. The zero-order chi connectivity index (χ0) is 16.2. The van der Waals surface area contributed by atoms with Crippen LogP contribution in [-0.4, -0.2) is 29.6 Å². The van der Waals surface area contributed by atoms with Gasteiger partial charge in [0.15, 0.2) is 0 Å². The number of amides is 1. The van der Waals surface area contributed by atoms with Crippen molar-refractivity contribution >= 4 is 12.1 Å². The van der Waals surface area contributed by atoms with E-state index < -0.39 is 29.8 Å². The van der Waals surface area contributed by atoms with E-state index in [4.69, 9.17) is 9.84 Å². The highest BCUT2D eigenvalue weighted by atomic mass is 19.3. The molecule has 0 aliphatic heterocycles. The average molecular weight is 313 g/mol. The van der Waals surface area contributed by atoms with Crippen LogP contribution in [0.15, 0.2) is 30.3 Å². The Bertz CT molecular complexity index is 550. The van der Waals surface area contributed by atoms with Gasteiger partial charge in [0.2, 0.25) is 0 Å². The molecule has 5 nitrogen and oxygen atoms in total. The Hall–Kier alpha value is -2.18. The number of hydrogen-bond acceptors (Lipinski definition) is 3. The molecule has 120 valence electrons. The molecule has 0 bridgehead atoms. The number of carboxylic acids is 1. The number of carbonyl (C=O) groups excluding carboxylic acids is 1. The second-order valence-electron chi connectivity index (χ2n) is 5.36. The summed E-state index contributed by atoms with van der Waals surface area (Å²) in [5.41, 5.74) is -1.12. The number of carbonyl (C=O) groups is 2. The molecule has 2 rings (SSSR count). The average Bonchev–Trinajstić information content (AvgIpc) is 3.06. The summed E-state index contributed by atoms with van der Waals surface area (Å²) >= 11 is 0. The van der Waals surface area contributed by atoms with E-state index in [1.54, 1.807) is 12.1 Å². The quantitative estimate of drug-likeness (QED) is 0.759. The minimum absolute atomic E-state index is 0.0960. The Morgan fingerprint density at radius 3 is 2.45 bits per heavy atom. The number of ether oxygens (including phenoxy) is 1. The zero-order valence-electron chi connectivity index (χ0n) is 11.9. The maximum Gasteiger partial charge on any atom is 0.407 e. The maximum absolute atomic E-state index is 13.1. The zero-order valence-corrected chi connectivity index (χ0v) is 11.9. The first kappa shape index (κ1) is 16.2. The molecule has 1 aromatic rings. The Morgan fingerprint density at radius 1 is 1.27 bits per heavy atom. The number of rotatable bonds is 7. The van der Waals surface area contributed by atoms with Gasteiger partial charge in [-0.25, -0.2) is 13.6 Å². The van der Waals surface area contributed by atoms with Crippen molar-refractivity contribution in [3.8, 4) is 0 Å². The summed E-state index contributed by atoms with van der Waals surface area (Å²) in [5, 5.41) is 11.3. The van der Waals surface area contributed by atoms with Crippen LogP contribution in [-0.2, 0) is 16.1 Å². The standard InChI is InChI=1S/C15H17F2NO4/c16-15(17)10-14(15,12(19)20)7-4-8-18-13(21)22-9-11-5-2-1-3-6-11/h1-3,5-6H,4,7-10H2,(H,18,21)(H,19,20). The number of alkyl halides is 2. The molecule has 0 heterocycles. The Balaban J connectivity index is 1.65. The fourth-order valence-corrected chi connectivity index (χ4v) is 2.30. The molecule has 1 saturated carbocycles. The summed E-state index contributed by atoms with van der Waals surface area (Å²) in [6.45, 7) is 0.211. The first-order valence-corrected chi connectivity index (χ1v) is 6.93. The van der Waals surface area contributed by atoms with Gasteiger partial charge in [0, 0.05) is 13.0 Å². The molecule has 1 atom stereocenters. The van der Waals surface area contributed by atoms with Gasteiger partial charge in [0.1, 0.15) is 12.0 Å². The van der Waals surface area contributed by atoms with Gasteiger partial charge in [0.05, 0.1) is 0 Å². The van der Waals surface area contributed by atoms with Crippen molar-refractivity contribution in [1.29, 1.82) is 0 Å². The number of carboxylic acid groups (broad SMARTS) is 1. The minimum atomic E-state index is -3.15. The first-order valence-electron chi connectivity index (χ1n) is 6.93. The SMILES string of the molecule is O=C(NCCCC1(C(=O)O)CC1(F)F)OCc1ccccc1. The van der Waals surface area contributed by atoms with E-state index in [0.29, 0.717) is 0 Å². The summed E-state index contributed by atoms with van der Waals surface area (Å²) in [5.74, 6) is -4.63. The molecule has 0 radical (unpaired) electrons. The molecule has 1 aliphatic rings. The summed E-state index contributed by atoms with van der Waals surface area (Å²) < 4.78 is 31.2. The van der Waals surface area contributed by atoms with Crippen LogP contribution in [0, 0.1) is 5.41 Å². The van der Waals surface area contributed by atoms with Gasteiger partial charge < -0.3 is 15.2 Å². The highest BCUT2D eigenvalue weighted by Crippen LogP contribution is 2.63. The number of alkyl carbamates (subject to hydrolysis) is 1. The number of hydrogen-bond donors (Lipinski definition) is 2. The lowest BCUT2D eigenvalue weighted by Crippen LogP contribution is -2.28. The summed E-state index contributed by atoms with van der Waals surface area (Å²) in [7, 11) is 0. The van der Waals surface area contributed by atoms with E-state index >= 15 is 0 Å². The van der Waals surface area contributed by atoms with E-state index in [-0.39, 0.29) is 26.0 Å². The van der Waals surface area contributed by atoms with Crippen molar-refractivity contribution in [3.63, 3.8) is 0 Å². The van der Waals surface area contributed by atoms with Crippen LogP contribution < -0.4 is 5.32 Å². The van der Waals surface area contributed by atoms with Crippen LogP contribution in [0.1, 0.15) is 24.8 Å². The van der Waals surface area contributed by atoms with Gasteiger partial charge in [-0.2, -0.15) is 0 Å². The highest BCUT2D eigenvalue weighted by Gasteiger charge is 2.75. The van der Waals surface area contributed by atoms with Gasteiger partial charge in [-0.15, -0.1) is 0 Å². The number of benzene rings is 1. The topological polar surface area (TPSA) is 75.6 Å². The molecular formula is C15H17F2NO4. The lowest BCUT2D eigenvalue weighted by molar-refractivity contribution is -0.148. The molecule has 1 unspecified atom stereocenters. The molecule has 0 saturated heterocycles. The van der Waals surface area contributed by atoms with Crippen LogP contribution in [0.4, 0.5) is 13.6 Å². The third kappa shape index (κ3) is 3.52. The van der Waals surface area contributed by atoms with Crippen molar-refractivity contribution in [3.05, 3.63) is 35.9 Å². The summed E-state index contributed by atoms with van der Waals surface area (Å²) in [6.07, 6.45) is -1.31. The van der Waals surface area contributed by atoms with Crippen molar-refractivity contribution in [2.75, 3.05) is 6.54 Å². The minimum Gasteiger partial charge on any atom is -0.481 e. The fourth-order valence-electron chi connectivity index (χ4n) is 2.30. The largest absolute Gasteiger partial charge is 0.481 e. The van der Waals surface area contributed by atoms with E-state index in [1.807, 2.05) is 18.2 Å². The molecule has 1 aliphatic carbocycles. The number of nitrogens with one attached hydrogen (secondary N) is 1. The summed E-state index contributed by atoms with van der Waals surface area (Å²) in [4.78, 5) is 22.3. The van der Waals surface area contributed by atoms with Crippen molar-refractivity contribution in [2.45, 2.75) is 31.8 Å². The van der Waals surface area contributed by atoms with Gasteiger partial charge >= 0.3 is 12.1 Å². The molecule has 1 fully saturated rings. The second-order valence-corrected chi connectivity index (χ2v) is 5.36. The fraction of sp³-hybridized carbons (Fsp3) is 0.467. The molecule has 1 aromatic carbocycles. The highest BCUT2D eigenvalue weighted by molar-refractivity contribution is 5.80. The molecule has 7 heteroatoms. The predicted molar refractivity (Wildman–Crippen MR) is 73.5 cm³/mol. The third-order valence-electron chi connectivity index (χ3n) is 3.77. The van der Waals surface area contributed by atoms with E-state index in [9.17, 15) is 18.4 Å². The Kier molecular flexibility index (Phi) is 4.63. The monoisotopic (exact) mass is 313 g/mol. The van der Waals surface area contributed by atoms with E-state index in [0.717, 1.165) is 5.56 Å². The van der Waals surface area contributed by atoms with E-state index in [2.05, 4.69) is 5.32 Å². The van der Waals surface area contributed by atoms with Gasteiger partial charge in [-0.1, -0.05) is 30.3 Å². The van der Waals surface area contributed by atoms with Crippen LogP contribution in [0.2, 0.25) is 0 Å². The molecular weight excluding hydrogens is 296 g/mol. The van der Waals surface area contributed by atoms with Gasteiger partial charge in [0.25, 0.3) is 5.92 Å². The number of aliphatic carboxylic acids is 1. The van der Waals surface area contributed by atoms with Crippen molar-refractivity contribution < 1.29 is 28.2 Å². The summed E-state index contributed by atoms with van der Waals surface area (Å²) in [6, 6.07) is 9.09. The van der Waals surface area contributed by atoms with Crippen molar-refractivity contribution in [1.82, 2.24) is 5.32 Å². The number of halogens is 2. The third-order valence-corrected chi connectivity index (χ3v) is 3.77. The lowest BCUT2D eigenvalue weighted by Gasteiger charge is -2.11. The van der Waals surface area contributed by atoms with Crippen LogP contribution in [0.5, 0.6) is 0 Å². The van der Waals surface area contributed by atoms with Crippen LogP contribution in [0.3, 0.4) is 0 Å². The Morgan fingerprint density at radius 2 is 1.91 bits per heavy atom. The molecule has 2 N–H and O–H groups in total. The lowest BCUT2D eigenvalue weighted by atomic mass is 10.00. The van der Waals surface area contributed by atoms with Gasteiger partial charge in [-0.3, -0.25) is 4.79 Å². The predicted octanol–water partition coefficient (Wildman–Crippen LogP) is 2.80. The molecule has 1 amide bonds. The molecule has 22 heavy (non-hydrogen) atoms. The smallest absolute Gasteiger partial charge is 0.407 e. The van der Waals surface area contributed by atoms with Crippen LogP contribution in [0.25, 0.3) is 0 Å². The molecule has 0 aromatic heterocycles. The molecule has 0 spiro atoms. The normalized spacial score (nSPS) is 21.9. The van der Waals surface area contributed by atoms with Crippen molar-refractivity contribution in [2.24, 2.45) is 5.41 Å². The Labute approximate surface area is 126 Å².